The predicted molar refractivity (Wildman–Crippen MR) is 241 cm³/mol. The number of sulfonamides is 1. The van der Waals surface area contributed by atoms with E-state index in [4.69, 9.17) is 9.72 Å². The molecule has 2 saturated carbocycles. The summed E-state index contributed by atoms with van der Waals surface area (Å²) in [5.74, 6) is 0.247. The first kappa shape index (κ1) is 40.1. The van der Waals surface area contributed by atoms with Crippen molar-refractivity contribution in [3.8, 4) is 5.69 Å². The third kappa shape index (κ3) is 7.65. The highest BCUT2D eigenvalue weighted by atomic mass is 32.2. The number of rotatable bonds is 12. The van der Waals surface area contributed by atoms with E-state index in [1.165, 1.54) is 51.3 Å². The van der Waals surface area contributed by atoms with Crippen molar-refractivity contribution in [3.05, 3.63) is 101 Å². The Morgan fingerprint density at radius 2 is 1.75 bits per heavy atom. The van der Waals surface area contributed by atoms with E-state index in [0.29, 0.717) is 71.2 Å². The number of carbonyl (C=O) groups excluding carboxylic acids is 1. The molecular weight excluding hydrogens is 817 g/mol. The van der Waals surface area contributed by atoms with Gasteiger partial charge in [-0.05, 0) is 135 Å². The molecule has 5 aliphatic rings. The molecule has 3 N–H and O–H groups in total. The lowest BCUT2D eigenvalue weighted by atomic mass is 9.59. The van der Waals surface area contributed by atoms with E-state index in [9.17, 15) is 18.1 Å². The molecule has 326 valence electrons. The molecule has 0 radical (unpaired) electrons. The maximum absolute atomic E-state index is 14.2. The summed E-state index contributed by atoms with van der Waals surface area (Å²) in [6.07, 6.45) is 16.3. The number of ether oxygens (including phenoxy) is 1. The van der Waals surface area contributed by atoms with Gasteiger partial charge in [0.25, 0.3) is 15.9 Å². The van der Waals surface area contributed by atoms with Crippen molar-refractivity contribution in [3.63, 3.8) is 0 Å². The number of carbonyl (C=O) groups is 1. The number of pyridine rings is 2. The summed E-state index contributed by atoms with van der Waals surface area (Å²) in [6.45, 7) is 4.87. The number of aromatic amines is 1. The normalized spacial score (nSPS) is 21.0. The third-order valence-electron chi connectivity index (χ3n) is 14.6. The van der Waals surface area contributed by atoms with Gasteiger partial charge in [0.1, 0.15) is 11.2 Å². The highest BCUT2D eigenvalue weighted by Gasteiger charge is 2.50. The van der Waals surface area contributed by atoms with E-state index >= 15 is 0 Å². The van der Waals surface area contributed by atoms with Gasteiger partial charge in [0.05, 0.1) is 28.7 Å². The highest BCUT2D eigenvalue weighted by Crippen LogP contribution is 2.55. The number of nitroso groups, excluding NO2 is 1. The number of piperidine rings is 1. The SMILES string of the molecule is O=Nc1cc(S(=O)(=O)NC(=O)c2ccc(N3CCC4(CC3)CC(N3CCCC3c3ccccc3C3CC3)C4)cc2-n2[nH]cc3nc4nccc4cc32)ncc1NCC1CCOCC1. The Labute approximate surface area is 366 Å². The molecule has 2 aromatic carbocycles. The number of aromatic nitrogens is 5. The minimum atomic E-state index is -4.52. The Kier molecular flexibility index (Phi) is 10.3. The quantitative estimate of drug-likeness (QED) is 0.101. The summed E-state index contributed by atoms with van der Waals surface area (Å²) in [7, 11) is -4.52. The minimum absolute atomic E-state index is 0.111. The van der Waals surface area contributed by atoms with Crippen LogP contribution in [0.15, 0.2) is 89.5 Å². The Balaban J connectivity index is 0.825. The van der Waals surface area contributed by atoms with Crippen LogP contribution < -0.4 is 14.9 Å². The fourth-order valence-corrected chi connectivity index (χ4v) is 11.8. The van der Waals surface area contributed by atoms with Gasteiger partial charge < -0.3 is 15.0 Å². The van der Waals surface area contributed by atoms with E-state index in [1.807, 2.05) is 24.3 Å². The van der Waals surface area contributed by atoms with Crippen molar-refractivity contribution < 1.29 is 17.9 Å². The third-order valence-corrected chi connectivity index (χ3v) is 15.8. The van der Waals surface area contributed by atoms with Crippen molar-refractivity contribution >= 4 is 55.1 Å². The van der Waals surface area contributed by atoms with Crippen molar-refractivity contribution in [1.29, 1.82) is 0 Å². The van der Waals surface area contributed by atoms with Crippen LogP contribution in [0.25, 0.3) is 27.8 Å². The summed E-state index contributed by atoms with van der Waals surface area (Å²) in [5.41, 5.74) is 7.19. The van der Waals surface area contributed by atoms with Gasteiger partial charge in [0.15, 0.2) is 10.7 Å². The number of hydrogen-bond donors (Lipinski definition) is 3. The molecule has 4 aromatic heterocycles. The fraction of sp³-hybridized carbons (Fsp3) is 0.447. The zero-order valence-electron chi connectivity index (χ0n) is 35.2. The van der Waals surface area contributed by atoms with Crippen LogP contribution in [0.5, 0.6) is 0 Å². The van der Waals surface area contributed by atoms with Crippen LogP contribution in [0.1, 0.15) is 97.7 Å². The number of H-pyrrole nitrogens is 1. The van der Waals surface area contributed by atoms with Gasteiger partial charge in [-0.1, -0.05) is 24.3 Å². The number of likely N-dealkylation sites (tertiary alicyclic amines) is 1. The molecular formula is C47H52N10O5S. The molecule has 3 saturated heterocycles. The van der Waals surface area contributed by atoms with E-state index in [1.54, 1.807) is 34.3 Å². The number of benzene rings is 2. The fourth-order valence-electron chi connectivity index (χ4n) is 10.9. The second-order valence-electron chi connectivity index (χ2n) is 18.4. The number of nitrogens with zero attached hydrogens (tertiary/aromatic N) is 7. The molecule has 6 aromatic rings. The maximum Gasteiger partial charge on any atom is 0.281 e. The molecule has 15 nitrogen and oxygen atoms in total. The molecule has 3 aliphatic heterocycles. The van der Waals surface area contributed by atoms with Crippen LogP contribution in [-0.2, 0) is 14.8 Å². The van der Waals surface area contributed by atoms with Crippen LogP contribution in [0.3, 0.4) is 0 Å². The van der Waals surface area contributed by atoms with Gasteiger partial charge in [0.2, 0.25) is 0 Å². The van der Waals surface area contributed by atoms with Crippen LogP contribution >= 0.6 is 0 Å². The maximum atomic E-state index is 14.2. The molecule has 5 fully saturated rings. The average Bonchev–Trinajstić information content (AvgIpc) is 3.63. The smallest absolute Gasteiger partial charge is 0.281 e. The van der Waals surface area contributed by atoms with E-state index in [2.05, 4.69) is 64.3 Å². The first-order valence-electron chi connectivity index (χ1n) is 22.5. The summed E-state index contributed by atoms with van der Waals surface area (Å²) in [6, 6.07) is 20.8. The summed E-state index contributed by atoms with van der Waals surface area (Å²) >= 11 is 0. The topological polar surface area (TPSA) is 180 Å². The molecule has 11 rings (SSSR count). The van der Waals surface area contributed by atoms with E-state index < -0.39 is 21.0 Å². The molecule has 7 heterocycles. The summed E-state index contributed by atoms with van der Waals surface area (Å²) in [5, 5.41) is 9.87. The van der Waals surface area contributed by atoms with Crippen molar-refractivity contribution in [2.45, 2.75) is 87.2 Å². The molecule has 0 bridgehead atoms. The van der Waals surface area contributed by atoms with E-state index in [0.717, 1.165) is 61.8 Å². The minimum Gasteiger partial charge on any atom is -0.382 e. The molecule has 1 amide bonds. The van der Waals surface area contributed by atoms with Crippen molar-refractivity contribution in [2.24, 2.45) is 16.5 Å². The molecule has 16 heteroatoms. The molecule has 1 atom stereocenters. The van der Waals surface area contributed by atoms with Gasteiger partial charge in [-0.2, -0.15) is 8.42 Å². The van der Waals surface area contributed by atoms with Gasteiger partial charge in [-0.25, -0.2) is 19.7 Å². The number of anilines is 2. The van der Waals surface area contributed by atoms with Crippen LogP contribution in [0.4, 0.5) is 17.1 Å². The van der Waals surface area contributed by atoms with Crippen LogP contribution in [-0.4, -0.2) is 89.4 Å². The number of hydrogen-bond acceptors (Lipinski definition) is 12. The Morgan fingerprint density at radius 3 is 2.54 bits per heavy atom. The largest absolute Gasteiger partial charge is 0.382 e. The van der Waals surface area contributed by atoms with Crippen molar-refractivity contribution in [1.82, 2.24) is 34.4 Å². The summed E-state index contributed by atoms with van der Waals surface area (Å²) in [4.78, 5) is 44.5. The van der Waals surface area contributed by atoms with Crippen molar-refractivity contribution in [2.75, 3.05) is 49.6 Å². The predicted octanol–water partition coefficient (Wildman–Crippen LogP) is 8.12. The lowest BCUT2D eigenvalue weighted by molar-refractivity contribution is -0.0227. The first-order valence-corrected chi connectivity index (χ1v) is 24.0. The monoisotopic (exact) mass is 868 g/mol. The van der Waals surface area contributed by atoms with Gasteiger partial charge >= 0.3 is 0 Å². The van der Waals surface area contributed by atoms with Crippen LogP contribution in [0, 0.1) is 16.2 Å². The lowest BCUT2D eigenvalue weighted by Crippen LogP contribution is -2.55. The molecule has 2 aliphatic carbocycles. The Morgan fingerprint density at radius 1 is 0.937 bits per heavy atom. The number of amides is 1. The van der Waals surface area contributed by atoms with Gasteiger partial charge in [0, 0.05) is 74.5 Å². The zero-order chi connectivity index (χ0) is 42.7. The highest BCUT2D eigenvalue weighted by molar-refractivity contribution is 7.90. The van der Waals surface area contributed by atoms with Crippen LogP contribution in [0.2, 0.25) is 0 Å². The number of nitrogens with one attached hydrogen (secondary N) is 3. The second-order valence-corrected chi connectivity index (χ2v) is 20.0. The Hall–Kier alpha value is -5.71. The molecule has 1 spiro atoms. The molecule has 1 unspecified atom stereocenters. The molecule has 63 heavy (non-hydrogen) atoms. The number of fused-ring (bicyclic) bond motifs is 2. The Bertz CT molecular complexity index is 2820. The van der Waals surface area contributed by atoms with Gasteiger partial charge in [-0.3, -0.25) is 19.5 Å². The lowest BCUT2D eigenvalue weighted by Gasteiger charge is -2.56. The second kappa shape index (κ2) is 16.1. The standard InChI is InChI=1S/C47H52N10O5S/c58-46(54-63(60,61)44-24-38(53-59)39(28-50-44)49-27-30-12-20-62-21-13-30)37-10-9-33(23-42(37)57-43-22-32-11-16-48-45(32)52-40(43)29-51-57)55-18-14-47(15-19-55)25-34(26-47)56-17-3-6-41(56)36-5-2-1-4-35(36)31-7-8-31/h1-2,4-5,9-11,16,22-24,28-31,34,41,49,51H,3,6-8,12-15,17-21,25-27H2,(H,54,58). The average molecular weight is 869 g/mol. The van der Waals surface area contributed by atoms with Gasteiger partial charge in [-0.15, -0.1) is 4.91 Å². The van der Waals surface area contributed by atoms with E-state index in [-0.39, 0.29) is 11.3 Å². The zero-order valence-corrected chi connectivity index (χ0v) is 36.0. The first-order chi connectivity index (χ1) is 30.7. The summed E-state index contributed by atoms with van der Waals surface area (Å²) < 4.78 is 36.9.